The monoisotopic (exact) mass is 482 g/mol. The standard InChI is InChI=1S/C32H50OS/c1-27(2)15-11-7-5-9-13-17-29-19-23-31(24-20-29)34(33)32-25-21-30(22-26-32)18-14-10-6-8-12-16-28(3)4/h19-28H,5-18H2,1-4H3. The Bertz CT molecular complexity index is 721. The van der Waals surface area contributed by atoms with Gasteiger partial charge in [0.1, 0.15) is 0 Å². The predicted molar refractivity (Wildman–Crippen MR) is 150 cm³/mol. The van der Waals surface area contributed by atoms with E-state index in [0.717, 1.165) is 34.5 Å². The Morgan fingerprint density at radius 3 is 1.18 bits per heavy atom. The van der Waals surface area contributed by atoms with Crippen molar-refractivity contribution in [2.75, 3.05) is 0 Å². The lowest BCUT2D eigenvalue weighted by atomic mass is 10.0. The highest BCUT2D eigenvalue weighted by Crippen LogP contribution is 2.20. The summed E-state index contributed by atoms with van der Waals surface area (Å²) in [5.41, 5.74) is 2.73. The van der Waals surface area contributed by atoms with Crippen molar-refractivity contribution in [3.63, 3.8) is 0 Å². The molecule has 0 aliphatic carbocycles. The number of unbranched alkanes of at least 4 members (excludes halogenated alkanes) is 8. The third-order valence-corrected chi connectivity index (χ3v) is 8.17. The first-order valence-electron chi connectivity index (χ1n) is 14.1. The predicted octanol–water partition coefficient (Wildman–Crippen LogP) is 9.93. The van der Waals surface area contributed by atoms with Gasteiger partial charge in [-0.15, -0.1) is 0 Å². The minimum Gasteiger partial charge on any atom is -0.249 e. The summed E-state index contributed by atoms with van der Waals surface area (Å²) in [5.74, 6) is 1.67. The fourth-order valence-electron chi connectivity index (χ4n) is 4.52. The molecule has 0 aliphatic rings. The highest BCUT2D eigenvalue weighted by atomic mass is 32.2. The second-order valence-corrected chi connectivity index (χ2v) is 12.4. The minimum absolute atomic E-state index is 0.834. The van der Waals surface area contributed by atoms with Crippen molar-refractivity contribution in [1.29, 1.82) is 0 Å². The zero-order valence-corrected chi connectivity index (χ0v) is 23.3. The molecule has 2 heteroatoms. The molecule has 0 aromatic heterocycles. The van der Waals surface area contributed by atoms with Crippen molar-refractivity contribution in [3.05, 3.63) is 59.7 Å². The number of aryl methyl sites for hydroxylation is 2. The molecule has 2 rings (SSSR count). The lowest BCUT2D eigenvalue weighted by Gasteiger charge is -2.07. The van der Waals surface area contributed by atoms with E-state index in [1.54, 1.807) is 0 Å². The van der Waals surface area contributed by atoms with Gasteiger partial charge in [0.05, 0.1) is 10.8 Å². The molecule has 0 saturated carbocycles. The van der Waals surface area contributed by atoms with Crippen molar-refractivity contribution >= 4 is 10.8 Å². The van der Waals surface area contributed by atoms with Crippen LogP contribution in [-0.4, -0.2) is 4.21 Å². The minimum atomic E-state index is -1.09. The Kier molecular flexibility index (Phi) is 14.5. The molecule has 0 spiro atoms. The average Bonchev–Trinajstić information content (AvgIpc) is 2.83. The molecule has 34 heavy (non-hydrogen) atoms. The van der Waals surface area contributed by atoms with Gasteiger partial charge in [-0.3, -0.25) is 0 Å². The van der Waals surface area contributed by atoms with Gasteiger partial charge in [0.2, 0.25) is 0 Å². The van der Waals surface area contributed by atoms with Gasteiger partial charge in [0.25, 0.3) is 0 Å². The molecule has 0 atom stereocenters. The number of benzene rings is 2. The topological polar surface area (TPSA) is 17.1 Å². The van der Waals surface area contributed by atoms with Crippen LogP contribution in [-0.2, 0) is 23.6 Å². The lowest BCUT2D eigenvalue weighted by molar-refractivity contribution is 0.515. The van der Waals surface area contributed by atoms with E-state index in [1.807, 2.05) is 0 Å². The molecule has 0 saturated heterocycles. The fourth-order valence-corrected chi connectivity index (χ4v) is 5.56. The zero-order chi connectivity index (χ0) is 24.6. The summed E-state index contributed by atoms with van der Waals surface area (Å²) in [6.45, 7) is 9.24. The van der Waals surface area contributed by atoms with Crippen molar-refractivity contribution < 1.29 is 4.21 Å². The quantitative estimate of drug-likeness (QED) is 0.193. The molecule has 1 nitrogen and oxygen atoms in total. The molecule has 0 unspecified atom stereocenters. The summed E-state index contributed by atoms with van der Waals surface area (Å²) in [4.78, 5) is 1.82. The summed E-state index contributed by atoms with van der Waals surface area (Å²) >= 11 is 0. The number of rotatable bonds is 18. The molecule has 2 aromatic carbocycles. The highest BCUT2D eigenvalue weighted by molar-refractivity contribution is 7.85. The van der Waals surface area contributed by atoms with E-state index in [4.69, 9.17) is 0 Å². The highest BCUT2D eigenvalue weighted by Gasteiger charge is 2.08. The Balaban J connectivity index is 1.67. The first-order valence-corrected chi connectivity index (χ1v) is 15.2. The van der Waals surface area contributed by atoms with Crippen LogP contribution < -0.4 is 0 Å². The van der Waals surface area contributed by atoms with E-state index in [2.05, 4.69) is 76.2 Å². The van der Waals surface area contributed by atoms with Gasteiger partial charge in [-0.25, -0.2) is 4.21 Å². The Hall–Kier alpha value is -1.41. The van der Waals surface area contributed by atoms with E-state index in [0.29, 0.717) is 0 Å². The van der Waals surface area contributed by atoms with Crippen molar-refractivity contribution in [2.45, 2.75) is 127 Å². The third kappa shape index (κ3) is 12.3. The van der Waals surface area contributed by atoms with Gasteiger partial charge in [-0.1, -0.05) is 116 Å². The number of hydrogen-bond acceptors (Lipinski definition) is 1. The maximum Gasteiger partial charge on any atom is 0.0849 e. The molecule has 0 radical (unpaired) electrons. The molecule has 0 fully saturated rings. The Labute approximate surface area is 213 Å². The summed E-state index contributed by atoms with van der Waals surface area (Å²) in [6.07, 6.45) is 18.3. The molecule has 0 aliphatic heterocycles. The van der Waals surface area contributed by atoms with E-state index >= 15 is 0 Å². The fraction of sp³-hybridized carbons (Fsp3) is 0.625. The largest absolute Gasteiger partial charge is 0.249 e. The maximum atomic E-state index is 13.0. The molecule has 190 valence electrons. The Morgan fingerprint density at radius 1 is 0.500 bits per heavy atom. The van der Waals surface area contributed by atoms with Crippen LogP contribution in [0.25, 0.3) is 0 Å². The molecule has 0 amide bonds. The van der Waals surface area contributed by atoms with Crippen LogP contribution in [0, 0.1) is 11.8 Å². The van der Waals surface area contributed by atoms with E-state index < -0.39 is 10.8 Å². The summed E-state index contributed by atoms with van der Waals surface area (Å²) in [5, 5.41) is 0. The van der Waals surface area contributed by atoms with Gasteiger partial charge in [-0.2, -0.15) is 0 Å². The molecule has 2 aromatic rings. The van der Waals surface area contributed by atoms with E-state index in [9.17, 15) is 4.21 Å². The lowest BCUT2D eigenvalue weighted by Crippen LogP contribution is -1.95. The van der Waals surface area contributed by atoms with Gasteiger partial charge in [0.15, 0.2) is 0 Å². The van der Waals surface area contributed by atoms with Crippen LogP contribution >= 0.6 is 0 Å². The molecule has 0 heterocycles. The van der Waals surface area contributed by atoms with E-state index in [-0.39, 0.29) is 0 Å². The summed E-state index contributed by atoms with van der Waals surface area (Å²) in [7, 11) is -1.09. The van der Waals surface area contributed by atoms with Gasteiger partial charge in [0, 0.05) is 9.79 Å². The van der Waals surface area contributed by atoms with Gasteiger partial charge >= 0.3 is 0 Å². The van der Waals surface area contributed by atoms with Crippen LogP contribution in [0.1, 0.15) is 116 Å². The van der Waals surface area contributed by atoms with Crippen molar-refractivity contribution in [1.82, 2.24) is 0 Å². The Morgan fingerprint density at radius 2 is 0.824 bits per heavy atom. The second kappa shape index (κ2) is 17.1. The van der Waals surface area contributed by atoms with Gasteiger partial charge < -0.3 is 0 Å². The van der Waals surface area contributed by atoms with E-state index in [1.165, 1.54) is 88.2 Å². The summed E-state index contributed by atoms with van der Waals surface area (Å²) < 4.78 is 13.0. The van der Waals surface area contributed by atoms with Gasteiger partial charge in [-0.05, 0) is 72.9 Å². The summed E-state index contributed by atoms with van der Waals surface area (Å²) in [6, 6.07) is 16.9. The molecular formula is C32H50OS. The van der Waals surface area contributed by atoms with Crippen LogP contribution in [0.5, 0.6) is 0 Å². The first kappa shape index (κ1) is 28.8. The van der Waals surface area contributed by atoms with Crippen molar-refractivity contribution in [2.24, 2.45) is 11.8 Å². The third-order valence-electron chi connectivity index (χ3n) is 6.77. The maximum absolute atomic E-state index is 13.0. The van der Waals surface area contributed by atoms with Crippen LogP contribution in [0.3, 0.4) is 0 Å². The average molecular weight is 483 g/mol. The molecule has 0 bridgehead atoms. The van der Waals surface area contributed by atoms with Crippen LogP contribution in [0.15, 0.2) is 58.3 Å². The normalized spacial score (nSPS) is 11.7. The van der Waals surface area contributed by atoms with Crippen LogP contribution in [0.2, 0.25) is 0 Å². The zero-order valence-electron chi connectivity index (χ0n) is 22.5. The molecular weight excluding hydrogens is 432 g/mol. The van der Waals surface area contributed by atoms with Crippen molar-refractivity contribution in [3.8, 4) is 0 Å². The second-order valence-electron chi connectivity index (χ2n) is 11.0. The van der Waals surface area contributed by atoms with Crippen LogP contribution in [0.4, 0.5) is 0 Å². The first-order chi connectivity index (χ1) is 16.5. The number of hydrogen-bond donors (Lipinski definition) is 0. The SMILES string of the molecule is CC(C)CCCCCCCc1ccc(S(=O)c2ccc(CCCCCCCC(C)C)cc2)cc1. The molecule has 0 N–H and O–H groups in total. The smallest absolute Gasteiger partial charge is 0.0849 e.